The van der Waals surface area contributed by atoms with E-state index in [2.05, 4.69) is 242 Å². The highest BCUT2D eigenvalue weighted by molar-refractivity contribution is 6.22. The van der Waals surface area contributed by atoms with Gasteiger partial charge >= 0.3 is 0 Å². The third kappa shape index (κ3) is 5.62. The maximum Gasteiger partial charge on any atom is 0.0543 e. The topological polar surface area (TPSA) is 3.24 Å². The van der Waals surface area contributed by atoms with Crippen LogP contribution in [0.5, 0.6) is 0 Å². The van der Waals surface area contributed by atoms with Gasteiger partial charge in [0.25, 0.3) is 0 Å². The van der Waals surface area contributed by atoms with Gasteiger partial charge in [-0.05, 0) is 114 Å². The molecule has 0 bridgehead atoms. The number of hydrogen-bond acceptors (Lipinski definition) is 1. The zero-order valence-electron chi connectivity index (χ0n) is 32.9. The lowest BCUT2D eigenvalue weighted by Crippen LogP contribution is -2.22. The average molecular weight is 752 g/mol. The Hall–Kier alpha value is -7.48. The van der Waals surface area contributed by atoms with E-state index in [1.807, 2.05) is 0 Å². The molecule has 0 amide bonds. The van der Waals surface area contributed by atoms with Gasteiger partial charge in [-0.1, -0.05) is 200 Å². The van der Waals surface area contributed by atoms with Gasteiger partial charge in [-0.25, -0.2) is 0 Å². The van der Waals surface area contributed by atoms with Crippen LogP contribution in [0.15, 0.2) is 231 Å². The molecule has 1 aliphatic rings. The molecule has 0 heterocycles. The highest BCUT2D eigenvalue weighted by Crippen LogP contribution is 2.57. The lowest BCUT2D eigenvalue weighted by atomic mass is 9.74. The van der Waals surface area contributed by atoms with E-state index >= 15 is 0 Å². The molecule has 278 valence electrons. The summed E-state index contributed by atoms with van der Waals surface area (Å²) in [6.45, 7) is 2.40. The molecular formula is C58H41N. The van der Waals surface area contributed by atoms with Crippen LogP contribution in [0.3, 0.4) is 0 Å². The predicted octanol–water partition coefficient (Wildman–Crippen LogP) is 15.8. The standard InChI is InChI=1S/C58H41N/c1-58(44-27-12-5-13-28-44)52-33-17-16-32-50(52)57-53(58)34-19-35-54(57)59(45-29-18-26-43(38-45)40-20-6-2-7-21-40)46-36-37-48-47-30-14-15-31-49(47)55(41-22-8-3-9-23-41)56(51(48)39-46)42-24-10-4-11-25-42/h2-39H,1H3. The van der Waals surface area contributed by atoms with E-state index in [0.29, 0.717) is 0 Å². The maximum absolute atomic E-state index is 2.50. The second-order valence-corrected chi connectivity index (χ2v) is 15.7. The Morgan fingerprint density at radius 1 is 0.322 bits per heavy atom. The van der Waals surface area contributed by atoms with Gasteiger partial charge in [-0.15, -0.1) is 0 Å². The van der Waals surface area contributed by atoms with Crippen molar-refractivity contribution in [3.8, 4) is 44.5 Å². The van der Waals surface area contributed by atoms with Crippen molar-refractivity contribution in [2.45, 2.75) is 12.3 Å². The molecule has 1 aliphatic carbocycles. The first-order valence-corrected chi connectivity index (χ1v) is 20.5. The number of anilines is 3. The van der Waals surface area contributed by atoms with Gasteiger partial charge in [-0.3, -0.25) is 0 Å². The summed E-state index contributed by atoms with van der Waals surface area (Å²) >= 11 is 0. The molecule has 10 aromatic rings. The number of benzene rings is 10. The number of rotatable bonds is 7. The first-order chi connectivity index (χ1) is 29.2. The summed E-state index contributed by atoms with van der Waals surface area (Å²) < 4.78 is 0. The summed E-state index contributed by atoms with van der Waals surface area (Å²) in [6.07, 6.45) is 0. The van der Waals surface area contributed by atoms with Crippen molar-refractivity contribution < 1.29 is 0 Å². The van der Waals surface area contributed by atoms with Gasteiger partial charge < -0.3 is 4.90 Å². The van der Waals surface area contributed by atoms with E-state index in [9.17, 15) is 0 Å². The van der Waals surface area contributed by atoms with E-state index in [1.54, 1.807) is 0 Å². The molecule has 0 aromatic heterocycles. The lowest BCUT2D eigenvalue weighted by molar-refractivity contribution is 0.714. The zero-order valence-corrected chi connectivity index (χ0v) is 32.9. The smallest absolute Gasteiger partial charge is 0.0543 e. The molecule has 1 atom stereocenters. The fourth-order valence-corrected chi connectivity index (χ4v) is 9.80. The lowest BCUT2D eigenvalue weighted by Gasteiger charge is -2.31. The van der Waals surface area contributed by atoms with Crippen molar-refractivity contribution in [2.75, 3.05) is 4.90 Å². The van der Waals surface area contributed by atoms with Crippen LogP contribution in [0.2, 0.25) is 0 Å². The molecule has 10 aromatic carbocycles. The van der Waals surface area contributed by atoms with Gasteiger partial charge in [-0.2, -0.15) is 0 Å². The van der Waals surface area contributed by atoms with Crippen LogP contribution in [0.4, 0.5) is 17.1 Å². The molecule has 1 nitrogen and oxygen atoms in total. The Labute approximate surface area is 346 Å². The van der Waals surface area contributed by atoms with Crippen molar-refractivity contribution in [3.05, 3.63) is 247 Å². The van der Waals surface area contributed by atoms with Crippen LogP contribution >= 0.6 is 0 Å². The van der Waals surface area contributed by atoms with Crippen LogP contribution in [0.1, 0.15) is 23.6 Å². The van der Waals surface area contributed by atoms with E-state index in [0.717, 1.165) is 17.1 Å². The maximum atomic E-state index is 2.50. The van der Waals surface area contributed by atoms with Crippen LogP contribution in [-0.2, 0) is 5.41 Å². The van der Waals surface area contributed by atoms with Crippen LogP contribution in [-0.4, -0.2) is 0 Å². The third-order valence-electron chi connectivity index (χ3n) is 12.5. The van der Waals surface area contributed by atoms with E-state index in [-0.39, 0.29) is 5.41 Å². The Morgan fingerprint density at radius 2 is 0.831 bits per heavy atom. The van der Waals surface area contributed by atoms with Crippen LogP contribution in [0, 0.1) is 0 Å². The Morgan fingerprint density at radius 3 is 1.54 bits per heavy atom. The summed E-state index contributed by atoms with van der Waals surface area (Å²) in [6, 6.07) is 84.6. The van der Waals surface area contributed by atoms with Gasteiger partial charge in [0.2, 0.25) is 0 Å². The Kier molecular flexibility index (Phi) is 8.34. The molecule has 0 fully saturated rings. The molecule has 0 N–H and O–H groups in total. The van der Waals surface area contributed by atoms with E-state index in [4.69, 9.17) is 0 Å². The monoisotopic (exact) mass is 751 g/mol. The predicted molar refractivity (Wildman–Crippen MR) is 250 cm³/mol. The van der Waals surface area contributed by atoms with Crippen LogP contribution in [0.25, 0.3) is 66.1 Å². The molecule has 59 heavy (non-hydrogen) atoms. The largest absolute Gasteiger partial charge is 0.310 e. The van der Waals surface area contributed by atoms with E-state index < -0.39 is 0 Å². The Bertz CT molecular complexity index is 3150. The average Bonchev–Trinajstić information content (AvgIpc) is 3.59. The zero-order chi connectivity index (χ0) is 39.3. The molecule has 1 heteroatoms. The van der Waals surface area contributed by atoms with Crippen molar-refractivity contribution >= 4 is 38.6 Å². The molecule has 11 rings (SSSR count). The second kappa shape index (κ2) is 14.2. The normalized spacial score (nSPS) is 14.3. The van der Waals surface area contributed by atoms with Crippen molar-refractivity contribution in [2.24, 2.45) is 0 Å². The third-order valence-corrected chi connectivity index (χ3v) is 12.5. The molecular weight excluding hydrogens is 711 g/mol. The van der Waals surface area contributed by atoms with E-state index in [1.165, 1.54) is 82.7 Å². The molecule has 0 saturated heterocycles. The molecule has 0 aliphatic heterocycles. The minimum absolute atomic E-state index is 0.325. The minimum atomic E-state index is -0.325. The first kappa shape index (κ1) is 34.7. The first-order valence-electron chi connectivity index (χ1n) is 20.5. The van der Waals surface area contributed by atoms with Crippen molar-refractivity contribution in [1.82, 2.24) is 0 Å². The summed E-state index contributed by atoms with van der Waals surface area (Å²) in [5, 5.41) is 4.96. The second-order valence-electron chi connectivity index (χ2n) is 15.7. The number of nitrogens with zero attached hydrogens (tertiary/aromatic N) is 1. The summed E-state index contributed by atoms with van der Waals surface area (Å²) in [5.41, 5.74) is 16.8. The number of hydrogen-bond donors (Lipinski definition) is 0. The van der Waals surface area contributed by atoms with Gasteiger partial charge in [0, 0.05) is 22.4 Å². The van der Waals surface area contributed by atoms with Crippen LogP contribution < -0.4 is 4.90 Å². The fourth-order valence-electron chi connectivity index (χ4n) is 9.80. The summed E-state index contributed by atoms with van der Waals surface area (Å²) in [7, 11) is 0. The highest BCUT2D eigenvalue weighted by Gasteiger charge is 2.42. The van der Waals surface area contributed by atoms with Crippen molar-refractivity contribution in [3.63, 3.8) is 0 Å². The molecule has 0 spiro atoms. The van der Waals surface area contributed by atoms with Gasteiger partial charge in [0.15, 0.2) is 0 Å². The molecule has 0 radical (unpaired) electrons. The highest BCUT2D eigenvalue weighted by atomic mass is 15.1. The quantitative estimate of drug-likeness (QED) is 0.147. The number of fused-ring (bicyclic) bond motifs is 6. The Balaban J connectivity index is 1.24. The fraction of sp³-hybridized carbons (Fsp3) is 0.0345. The summed E-state index contributed by atoms with van der Waals surface area (Å²) in [4.78, 5) is 2.50. The van der Waals surface area contributed by atoms with Gasteiger partial charge in [0.05, 0.1) is 5.69 Å². The van der Waals surface area contributed by atoms with Crippen molar-refractivity contribution in [1.29, 1.82) is 0 Å². The SMILES string of the molecule is CC1(c2ccccc2)c2ccccc2-c2c(N(c3cccc(-c4ccccc4)c3)c3ccc4c(c3)c(-c3ccccc3)c(-c3ccccc3)c3ccccc34)cccc21. The van der Waals surface area contributed by atoms with Gasteiger partial charge in [0.1, 0.15) is 0 Å². The minimum Gasteiger partial charge on any atom is -0.310 e. The molecule has 1 unspecified atom stereocenters. The molecule has 0 saturated carbocycles. The summed E-state index contributed by atoms with van der Waals surface area (Å²) in [5.74, 6) is 0.